The average molecular weight is 280 g/mol. The first-order chi connectivity index (χ1) is 10.3. The number of aliphatic hydroxyl groups excluding tert-OH is 1. The summed E-state index contributed by atoms with van der Waals surface area (Å²) in [6.07, 6.45) is 0.0953. The summed E-state index contributed by atoms with van der Waals surface area (Å²) in [5.74, 6) is 1.01. The van der Waals surface area contributed by atoms with Gasteiger partial charge < -0.3 is 10.0 Å². The monoisotopic (exact) mass is 280 g/mol. The molecule has 0 spiro atoms. The van der Waals surface area contributed by atoms with E-state index in [9.17, 15) is 5.11 Å². The number of aliphatic imine (C=N–C) groups is 1. The number of rotatable bonds is 5. The zero-order valence-electron chi connectivity index (χ0n) is 12.0. The minimum absolute atomic E-state index is 0.485. The summed E-state index contributed by atoms with van der Waals surface area (Å²) >= 11 is 0. The Hall–Kier alpha value is -2.13. The van der Waals surface area contributed by atoms with E-state index in [1.54, 1.807) is 0 Å². The van der Waals surface area contributed by atoms with Crippen molar-refractivity contribution in [1.29, 1.82) is 0 Å². The topological polar surface area (TPSA) is 35.8 Å². The van der Waals surface area contributed by atoms with Gasteiger partial charge in [0, 0.05) is 19.5 Å². The van der Waals surface area contributed by atoms with Gasteiger partial charge in [0.15, 0.2) is 0 Å². The summed E-state index contributed by atoms with van der Waals surface area (Å²) in [6, 6.07) is 20.2. The van der Waals surface area contributed by atoms with E-state index in [4.69, 9.17) is 0 Å². The maximum Gasteiger partial charge on any atom is 0.102 e. The lowest BCUT2D eigenvalue weighted by Gasteiger charge is -2.22. The summed E-state index contributed by atoms with van der Waals surface area (Å²) < 4.78 is 0. The van der Waals surface area contributed by atoms with E-state index in [2.05, 4.69) is 34.2 Å². The molecule has 21 heavy (non-hydrogen) atoms. The molecular weight excluding hydrogens is 260 g/mol. The molecule has 1 aliphatic rings. The molecule has 3 rings (SSSR count). The van der Waals surface area contributed by atoms with Crippen LogP contribution in [0.5, 0.6) is 0 Å². The number of hydrogen-bond acceptors (Lipinski definition) is 3. The van der Waals surface area contributed by atoms with E-state index < -0.39 is 6.10 Å². The van der Waals surface area contributed by atoms with E-state index in [0.29, 0.717) is 6.42 Å². The largest absolute Gasteiger partial charge is 0.388 e. The molecular formula is C18H20N2O. The average Bonchev–Trinajstić information content (AvgIpc) is 2.96. The molecule has 0 saturated heterocycles. The Kier molecular flexibility index (Phi) is 4.31. The van der Waals surface area contributed by atoms with Crippen molar-refractivity contribution in [2.75, 3.05) is 13.1 Å². The van der Waals surface area contributed by atoms with Gasteiger partial charge in [0.1, 0.15) is 5.84 Å². The Labute approximate surface area is 125 Å². The molecule has 0 aromatic heterocycles. The predicted molar refractivity (Wildman–Crippen MR) is 85.2 cm³/mol. The quantitative estimate of drug-likeness (QED) is 0.914. The predicted octanol–water partition coefficient (Wildman–Crippen LogP) is 3.02. The smallest absolute Gasteiger partial charge is 0.102 e. The van der Waals surface area contributed by atoms with Gasteiger partial charge in [-0.3, -0.25) is 4.99 Å². The summed E-state index contributed by atoms with van der Waals surface area (Å²) in [5, 5.41) is 10.4. The maximum atomic E-state index is 10.4. The second kappa shape index (κ2) is 6.55. The van der Waals surface area contributed by atoms with E-state index >= 15 is 0 Å². The van der Waals surface area contributed by atoms with Gasteiger partial charge in [-0.1, -0.05) is 60.7 Å². The zero-order chi connectivity index (χ0) is 14.5. The molecule has 2 aromatic carbocycles. The minimum Gasteiger partial charge on any atom is -0.388 e. The van der Waals surface area contributed by atoms with Crippen molar-refractivity contribution >= 4 is 5.84 Å². The maximum absolute atomic E-state index is 10.4. The zero-order valence-corrected chi connectivity index (χ0v) is 12.0. The van der Waals surface area contributed by atoms with Crippen molar-refractivity contribution in [3.05, 3.63) is 71.8 Å². The molecule has 108 valence electrons. The second-order valence-electron chi connectivity index (χ2n) is 5.34. The molecule has 0 fully saturated rings. The summed E-state index contributed by atoms with van der Waals surface area (Å²) in [5.41, 5.74) is 2.23. The van der Waals surface area contributed by atoms with E-state index in [1.165, 1.54) is 5.56 Å². The third kappa shape index (κ3) is 3.50. The number of hydrogen-bond donors (Lipinski definition) is 1. The van der Waals surface area contributed by atoms with Crippen LogP contribution in [0, 0.1) is 0 Å². The van der Waals surface area contributed by atoms with Crippen molar-refractivity contribution in [1.82, 2.24) is 4.90 Å². The SMILES string of the molecule is OC(CC1=NCCN1Cc1ccccc1)c1ccccc1. The number of aliphatic hydroxyl groups is 1. The van der Waals surface area contributed by atoms with Crippen molar-refractivity contribution in [2.45, 2.75) is 19.1 Å². The molecule has 3 heteroatoms. The fourth-order valence-corrected chi connectivity index (χ4v) is 2.66. The third-order valence-electron chi connectivity index (χ3n) is 3.81. The molecule has 3 nitrogen and oxygen atoms in total. The molecule has 0 aliphatic carbocycles. The third-order valence-corrected chi connectivity index (χ3v) is 3.81. The Balaban J connectivity index is 1.65. The second-order valence-corrected chi connectivity index (χ2v) is 5.34. The molecule has 1 unspecified atom stereocenters. The molecule has 2 aromatic rings. The lowest BCUT2D eigenvalue weighted by Crippen LogP contribution is -2.28. The van der Waals surface area contributed by atoms with Gasteiger partial charge >= 0.3 is 0 Å². The Morgan fingerprint density at radius 2 is 1.67 bits per heavy atom. The summed E-state index contributed by atoms with van der Waals surface area (Å²) in [6.45, 7) is 2.62. The number of nitrogens with zero attached hydrogens (tertiary/aromatic N) is 2. The van der Waals surface area contributed by atoms with E-state index in [-0.39, 0.29) is 0 Å². The molecule has 0 bridgehead atoms. The standard InChI is InChI=1S/C18H20N2O/c21-17(16-9-5-2-6-10-16)13-18-19-11-12-20(18)14-15-7-3-1-4-8-15/h1-10,17,21H,11-14H2. The van der Waals surface area contributed by atoms with Crippen molar-refractivity contribution in [3.8, 4) is 0 Å². The van der Waals surface area contributed by atoms with Crippen LogP contribution in [0.3, 0.4) is 0 Å². The van der Waals surface area contributed by atoms with Crippen molar-refractivity contribution in [3.63, 3.8) is 0 Å². The van der Waals surface area contributed by atoms with Crippen molar-refractivity contribution < 1.29 is 5.11 Å². The number of amidine groups is 1. The highest BCUT2D eigenvalue weighted by molar-refractivity contribution is 5.84. The lowest BCUT2D eigenvalue weighted by atomic mass is 10.1. The van der Waals surface area contributed by atoms with Crippen LogP contribution in [0.25, 0.3) is 0 Å². The van der Waals surface area contributed by atoms with Gasteiger partial charge in [0.05, 0.1) is 12.6 Å². The fraction of sp³-hybridized carbons (Fsp3) is 0.278. The molecule has 1 aliphatic heterocycles. The molecule has 1 heterocycles. The van der Waals surface area contributed by atoms with Crippen LogP contribution < -0.4 is 0 Å². The van der Waals surface area contributed by atoms with Gasteiger partial charge in [-0.05, 0) is 11.1 Å². The molecule has 0 radical (unpaired) electrons. The molecule has 1 N–H and O–H groups in total. The van der Waals surface area contributed by atoms with Gasteiger partial charge in [-0.15, -0.1) is 0 Å². The first-order valence-electron chi connectivity index (χ1n) is 7.38. The first-order valence-corrected chi connectivity index (χ1v) is 7.38. The normalized spacial score (nSPS) is 15.9. The highest BCUT2D eigenvalue weighted by atomic mass is 16.3. The van der Waals surface area contributed by atoms with Crippen LogP contribution >= 0.6 is 0 Å². The van der Waals surface area contributed by atoms with Gasteiger partial charge in [-0.25, -0.2) is 0 Å². The minimum atomic E-state index is -0.485. The van der Waals surface area contributed by atoms with Crippen LogP contribution in [-0.4, -0.2) is 28.9 Å². The summed E-state index contributed by atoms with van der Waals surface area (Å²) in [7, 11) is 0. The lowest BCUT2D eigenvalue weighted by molar-refractivity contribution is 0.182. The van der Waals surface area contributed by atoms with Gasteiger partial charge in [0.2, 0.25) is 0 Å². The fourth-order valence-electron chi connectivity index (χ4n) is 2.66. The van der Waals surface area contributed by atoms with E-state index in [0.717, 1.165) is 31.0 Å². The molecule has 0 amide bonds. The highest BCUT2D eigenvalue weighted by Crippen LogP contribution is 2.20. The van der Waals surface area contributed by atoms with Gasteiger partial charge in [0.25, 0.3) is 0 Å². The Bertz CT molecular complexity index is 595. The highest BCUT2D eigenvalue weighted by Gasteiger charge is 2.20. The Morgan fingerprint density at radius 1 is 1.00 bits per heavy atom. The number of benzene rings is 2. The first kappa shape index (κ1) is 13.8. The molecule has 1 atom stereocenters. The van der Waals surface area contributed by atoms with Crippen LogP contribution in [0.4, 0.5) is 0 Å². The summed E-state index contributed by atoms with van der Waals surface area (Å²) in [4.78, 5) is 6.83. The van der Waals surface area contributed by atoms with Crippen LogP contribution in [0.2, 0.25) is 0 Å². The van der Waals surface area contributed by atoms with Crippen LogP contribution in [0.1, 0.15) is 23.7 Å². The molecule has 0 saturated carbocycles. The van der Waals surface area contributed by atoms with Crippen molar-refractivity contribution in [2.24, 2.45) is 4.99 Å². The van der Waals surface area contributed by atoms with Gasteiger partial charge in [-0.2, -0.15) is 0 Å². The van der Waals surface area contributed by atoms with E-state index in [1.807, 2.05) is 36.4 Å². The van der Waals surface area contributed by atoms with Crippen LogP contribution in [-0.2, 0) is 6.54 Å². The Morgan fingerprint density at radius 3 is 2.38 bits per heavy atom. The van der Waals surface area contributed by atoms with Crippen LogP contribution in [0.15, 0.2) is 65.7 Å².